The Bertz CT molecular complexity index is 462. The molecule has 2 fully saturated rings. The minimum absolute atomic E-state index is 0.288. The van der Waals surface area contributed by atoms with Gasteiger partial charge in [0.05, 0.1) is 0 Å². The van der Waals surface area contributed by atoms with E-state index in [4.69, 9.17) is 0 Å². The molecule has 2 saturated heterocycles. The van der Waals surface area contributed by atoms with Crippen LogP contribution in [0.2, 0.25) is 0 Å². The van der Waals surface area contributed by atoms with E-state index in [9.17, 15) is 0 Å². The Morgan fingerprint density at radius 1 is 1.07 bits per heavy atom. The van der Waals surface area contributed by atoms with Gasteiger partial charge < -0.3 is 20.4 Å². The second-order valence-electron chi connectivity index (χ2n) is 9.22. The fourth-order valence-corrected chi connectivity index (χ4v) is 4.92. The van der Waals surface area contributed by atoms with Gasteiger partial charge in [0, 0.05) is 25.2 Å². The van der Waals surface area contributed by atoms with Gasteiger partial charge in [0.25, 0.3) is 0 Å². The van der Waals surface area contributed by atoms with Crippen LogP contribution in [0.4, 0.5) is 0 Å². The van der Waals surface area contributed by atoms with Crippen molar-refractivity contribution in [3.8, 4) is 0 Å². The van der Waals surface area contributed by atoms with E-state index in [1.54, 1.807) is 0 Å². The molecule has 0 aliphatic carbocycles. The molecule has 170 valence electrons. The molecule has 0 saturated carbocycles. The van der Waals surface area contributed by atoms with Gasteiger partial charge in [0.1, 0.15) is 0 Å². The number of aliphatic imine (C=N–C) groups is 1. The highest BCUT2D eigenvalue weighted by Crippen LogP contribution is 2.30. The Hall–Kier alpha value is -0.850. The quantitative estimate of drug-likeness (QED) is 0.430. The molecule has 0 spiro atoms. The highest BCUT2D eigenvalue weighted by molar-refractivity contribution is 5.80. The SMILES string of the molecule is CCN(CC)CCCC(C)NC(=NC)NCC1(N2CCCCC2)CCN(C)CC1. The van der Waals surface area contributed by atoms with Gasteiger partial charge in [-0.15, -0.1) is 0 Å². The first kappa shape index (κ1) is 24.4. The van der Waals surface area contributed by atoms with E-state index in [0.717, 1.165) is 25.6 Å². The van der Waals surface area contributed by atoms with Crippen LogP contribution in [0.1, 0.15) is 65.7 Å². The maximum absolute atomic E-state index is 4.53. The summed E-state index contributed by atoms with van der Waals surface area (Å²) in [7, 11) is 4.16. The Labute approximate surface area is 180 Å². The molecule has 2 aliphatic rings. The van der Waals surface area contributed by atoms with Gasteiger partial charge in [-0.25, -0.2) is 0 Å². The summed E-state index contributed by atoms with van der Waals surface area (Å²) in [6.07, 6.45) is 9.03. The lowest BCUT2D eigenvalue weighted by molar-refractivity contribution is 0.0173. The van der Waals surface area contributed by atoms with E-state index >= 15 is 0 Å². The van der Waals surface area contributed by atoms with E-state index < -0.39 is 0 Å². The average Bonchev–Trinajstić information content (AvgIpc) is 2.76. The molecule has 0 aromatic heterocycles. The lowest BCUT2D eigenvalue weighted by atomic mass is 9.84. The Kier molecular flexibility index (Phi) is 10.7. The standard InChI is InChI=1S/C23H48N6/c1-6-28(7-2)15-11-12-21(3)26-22(24-4)25-20-23(13-18-27(5)19-14-23)29-16-9-8-10-17-29/h21H,6-20H2,1-5H3,(H2,24,25,26). The number of likely N-dealkylation sites (tertiary alicyclic amines) is 2. The Morgan fingerprint density at radius 2 is 1.72 bits per heavy atom. The van der Waals surface area contributed by atoms with Gasteiger partial charge in [0.2, 0.25) is 0 Å². The van der Waals surface area contributed by atoms with Crippen LogP contribution in [0.3, 0.4) is 0 Å². The third-order valence-corrected chi connectivity index (χ3v) is 7.14. The highest BCUT2D eigenvalue weighted by atomic mass is 15.3. The first-order valence-electron chi connectivity index (χ1n) is 12.2. The predicted octanol–water partition coefficient (Wildman–Crippen LogP) is 2.61. The Morgan fingerprint density at radius 3 is 2.31 bits per heavy atom. The first-order chi connectivity index (χ1) is 14.0. The summed E-state index contributed by atoms with van der Waals surface area (Å²) >= 11 is 0. The minimum atomic E-state index is 0.288. The summed E-state index contributed by atoms with van der Waals surface area (Å²) in [5.74, 6) is 0.968. The van der Waals surface area contributed by atoms with Crippen LogP contribution >= 0.6 is 0 Å². The fourth-order valence-electron chi connectivity index (χ4n) is 4.92. The fraction of sp³-hybridized carbons (Fsp3) is 0.957. The van der Waals surface area contributed by atoms with Crippen LogP contribution in [0.5, 0.6) is 0 Å². The molecule has 0 radical (unpaired) electrons. The van der Waals surface area contributed by atoms with Crippen molar-refractivity contribution in [1.82, 2.24) is 25.3 Å². The zero-order chi connectivity index (χ0) is 21.1. The number of hydrogen-bond acceptors (Lipinski definition) is 4. The average molecular weight is 409 g/mol. The van der Waals surface area contributed by atoms with Crippen LogP contribution in [-0.4, -0.2) is 98.7 Å². The summed E-state index contributed by atoms with van der Waals surface area (Å²) in [4.78, 5) is 12.3. The molecule has 0 aromatic carbocycles. The number of rotatable bonds is 10. The smallest absolute Gasteiger partial charge is 0.191 e. The number of guanidine groups is 1. The zero-order valence-corrected chi connectivity index (χ0v) is 20.0. The molecular formula is C23H48N6. The van der Waals surface area contributed by atoms with E-state index in [-0.39, 0.29) is 5.54 Å². The van der Waals surface area contributed by atoms with Crippen LogP contribution in [0.15, 0.2) is 4.99 Å². The molecule has 6 nitrogen and oxygen atoms in total. The molecule has 0 bridgehead atoms. The van der Waals surface area contributed by atoms with Crippen molar-refractivity contribution in [2.75, 3.05) is 66.5 Å². The maximum Gasteiger partial charge on any atom is 0.191 e. The lowest BCUT2D eigenvalue weighted by Crippen LogP contribution is -2.62. The molecule has 0 amide bonds. The largest absolute Gasteiger partial charge is 0.355 e. The summed E-state index contributed by atoms with van der Waals surface area (Å²) in [5, 5.41) is 7.35. The Balaban J connectivity index is 1.84. The van der Waals surface area contributed by atoms with Crippen molar-refractivity contribution in [3.05, 3.63) is 0 Å². The van der Waals surface area contributed by atoms with E-state index in [1.165, 1.54) is 77.7 Å². The summed E-state index contributed by atoms with van der Waals surface area (Å²) < 4.78 is 0. The van der Waals surface area contributed by atoms with Gasteiger partial charge in [-0.05, 0) is 98.3 Å². The predicted molar refractivity (Wildman–Crippen MR) is 126 cm³/mol. The van der Waals surface area contributed by atoms with Crippen LogP contribution in [-0.2, 0) is 0 Å². The maximum atomic E-state index is 4.53. The van der Waals surface area contributed by atoms with Crippen molar-refractivity contribution < 1.29 is 0 Å². The second-order valence-corrected chi connectivity index (χ2v) is 9.22. The van der Waals surface area contributed by atoms with Gasteiger partial charge in [-0.2, -0.15) is 0 Å². The zero-order valence-electron chi connectivity index (χ0n) is 20.0. The summed E-state index contributed by atoms with van der Waals surface area (Å²) in [6, 6.07) is 0.445. The van der Waals surface area contributed by atoms with Crippen LogP contribution < -0.4 is 10.6 Å². The lowest BCUT2D eigenvalue weighted by Gasteiger charge is -2.50. The van der Waals surface area contributed by atoms with Crippen molar-refractivity contribution in [1.29, 1.82) is 0 Å². The van der Waals surface area contributed by atoms with Crippen molar-refractivity contribution >= 4 is 5.96 Å². The molecule has 2 N–H and O–H groups in total. The molecule has 2 heterocycles. The molecule has 29 heavy (non-hydrogen) atoms. The molecular weight excluding hydrogens is 360 g/mol. The number of piperidine rings is 2. The summed E-state index contributed by atoms with van der Waals surface area (Å²) in [5.41, 5.74) is 0.288. The normalized spacial score (nSPS) is 22.6. The van der Waals surface area contributed by atoms with Gasteiger partial charge in [0.15, 0.2) is 5.96 Å². The number of nitrogens with zero attached hydrogens (tertiary/aromatic N) is 4. The van der Waals surface area contributed by atoms with Gasteiger partial charge in [-0.1, -0.05) is 20.3 Å². The van der Waals surface area contributed by atoms with Crippen molar-refractivity contribution in [2.24, 2.45) is 4.99 Å². The van der Waals surface area contributed by atoms with Crippen LogP contribution in [0.25, 0.3) is 0 Å². The number of hydrogen-bond donors (Lipinski definition) is 2. The van der Waals surface area contributed by atoms with E-state index in [0.29, 0.717) is 6.04 Å². The number of nitrogens with one attached hydrogen (secondary N) is 2. The third kappa shape index (κ3) is 7.72. The van der Waals surface area contributed by atoms with Gasteiger partial charge >= 0.3 is 0 Å². The molecule has 2 aliphatic heterocycles. The second kappa shape index (κ2) is 12.8. The molecule has 1 unspecified atom stereocenters. The van der Waals surface area contributed by atoms with E-state index in [1.807, 2.05) is 7.05 Å². The topological polar surface area (TPSA) is 46.1 Å². The first-order valence-corrected chi connectivity index (χ1v) is 12.2. The monoisotopic (exact) mass is 408 g/mol. The van der Waals surface area contributed by atoms with Crippen LogP contribution in [0, 0.1) is 0 Å². The molecule has 1 atom stereocenters. The minimum Gasteiger partial charge on any atom is -0.355 e. The highest BCUT2D eigenvalue weighted by Gasteiger charge is 2.39. The van der Waals surface area contributed by atoms with Gasteiger partial charge in [-0.3, -0.25) is 9.89 Å². The molecule has 0 aromatic rings. The third-order valence-electron chi connectivity index (χ3n) is 7.14. The molecule has 6 heteroatoms. The summed E-state index contributed by atoms with van der Waals surface area (Å²) in [6.45, 7) is 16.2. The van der Waals surface area contributed by atoms with E-state index in [2.05, 4.69) is 58.1 Å². The molecule has 2 rings (SSSR count). The van der Waals surface area contributed by atoms with Crippen molar-refractivity contribution in [3.63, 3.8) is 0 Å². The van der Waals surface area contributed by atoms with Crippen molar-refractivity contribution in [2.45, 2.75) is 77.3 Å².